The molecule has 0 amide bonds. The summed E-state index contributed by atoms with van der Waals surface area (Å²) < 4.78 is 0. The van der Waals surface area contributed by atoms with E-state index in [0.29, 0.717) is 6.42 Å². The Morgan fingerprint density at radius 1 is 1.25 bits per heavy atom. The summed E-state index contributed by atoms with van der Waals surface area (Å²) >= 11 is 8.47. The van der Waals surface area contributed by atoms with E-state index in [9.17, 15) is 5.11 Å². The van der Waals surface area contributed by atoms with Crippen molar-refractivity contribution in [3.63, 3.8) is 0 Å². The molecule has 0 spiro atoms. The molecule has 3 atom stereocenters. The van der Waals surface area contributed by atoms with Gasteiger partial charge < -0.3 is 10.2 Å². The third-order valence-corrected chi connectivity index (χ3v) is 3.10. The second-order valence-electron chi connectivity index (χ2n) is 2.90. The first kappa shape index (κ1) is 12.6. The summed E-state index contributed by atoms with van der Waals surface area (Å²) in [5.41, 5.74) is 0. The molecule has 12 heavy (non-hydrogen) atoms. The first-order valence-corrected chi connectivity index (χ1v) is 5.31. The Morgan fingerprint density at radius 2 is 1.83 bits per heavy atom. The fourth-order valence-corrected chi connectivity index (χ4v) is 1.70. The molecule has 0 aromatic heterocycles. The molecule has 0 aliphatic carbocycles. The van der Waals surface area contributed by atoms with Crippen LogP contribution in [0.25, 0.3) is 0 Å². The zero-order chi connectivity index (χ0) is 9.56. The van der Waals surface area contributed by atoms with Crippen LogP contribution >= 0.6 is 25.3 Å². The largest absolute Gasteiger partial charge is 0.396 e. The summed E-state index contributed by atoms with van der Waals surface area (Å²) in [5.74, 6) is 0. The summed E-state index contributed by atoms with van der Waals surface area (Å²) in [5, 5.41) is 18.1. The quantitative estimate of drug-likeness (QED) is 0.496. The van der Waals surface area contributed by atoms with Crippen molar-refractivity contribution < 1.29 is 10.2 Å². The summed E-state index contributed by atoms with van der Waals surface area (Å²) in [6, 6.07) is 0. The van der Waals surface area contributed by atoms with Crippen LogP contribution in [0.1, 0.15) is 26.2 Å². The van der Waals surface area contributed by atoms with Crippen LogP contribution < -0.4 is 0 Å². The molecule has 0 aliphatic rings. The molecule has 0 fully saturated rings. The van der Waals surface area contributed by atoms with Crippen molar-refractivity contribution in [1.29, 1.82) is 0 Å². The van der Waals surface area contributed by atoms with E-state index in [1.165, 1.54) is 0 Å². The number of thiol groups is 2. The van der Waals surface area contributed by atoms with E-state index in [0.717, 1.165) is 12.8 Å². The lowest BCUT2D eigenvalue weighted by Gasteiger charge is -2.22. The van der Waals surface area contributed by atoms with Gasteiger partial charge in [0.15, 0.2) is 0 Å². The normalized spacial score (nSPS) is 18.8. The van der Waals surface area contributed by atoms with Crippen molar-refractivity contribution in [3.05, 3.63) is 0 Å². The molecule has 0 aromatic rings. The zero-order valence-corrected chi connectivity index (χ0v) is 9.14. The molecule has 0 bridgehead atoms. The van der Waals surface area contributed by atoms with Gasteiger partial charge in [-0.05, 0) is 19.3 Å². The maximum atomic E-state index is 9.58. The monoisotopic (exact) mass is 210 g/mol. The summed E-state index contributed by atoms with van der Waals surface area (Å²) in [6.45, 7) is 2.14. The molecule has 2 N–H and O–H groups in total. The number of hydrogen-bond acceptors (Lipinski definition) is 4. The SMILES string of the molecule is CCC(S)C(O)C(S)CCCO. The van der Waals surface area contributed by atoms with Gasteiger partial charge in [0.05, 0.1) is 6.10 Å². The highest BCUT2D eigenvalue weighted by Gasteiger charge is 2.20. The average Bonchev–Trinajstić information content (AvgIpc) is 2.11. The van der Waals surface area contributed by atoms with Crippen LogP contribution in [0.2, 0.25) is 0 Å². The van der Waals surface area contributed by atoms with Gasteiger partial charge in [-0.3, -0.25) is 0 Å². The predicted molar refractivity (Wildman–Crippen MR) is 58.2 cm³/mol. The van der Waals surface area contributed by atoms with Gasteiger partial charge in [-0.2, -0.15) is 25.3 Å². The van der Waals surface area contributed by atoms with Crippen LogP contribution in [0.15, 0.2) is 0 Å². The van der Waals surface area contributed by atoms with E-state index in [1.807, 2.05) is 6.92 Å². The zero-order valence-electron chi connectivity index (χ0n) is 7.35. The second-order valence-corrected chi connectivity index (χ2v) is 4.23. The molecular weight excluding hydrogens is 192 g/mol. The van der Waals surface area contributed by atoms with Crippen molar-refractivity contribution in [2.75, 3.05) is 6.61 Å². The van der Waals surface area contributed by atoms with Gasteiger partial charge in [0, 0.05) is 17.1 Å². The molecule has 0 rings (SSSR count). The fraction of sp³-hybridized carbons (Fsp3) is 1.00. The molecule has 0 aromatic carbocycles. The Balaban J connectivity index is 3.67. The van der Waals surface area contributed by atoms with Crippen molar-refractivity contribution in [2.45, 2.75) is 42.8 Å². The van der Waals surface area contributed by atoms with E-state index >= 15 is 0 Å². The molecule has 2 nitrogen and oxygen atoms in total. The predicted octanol–water partition coefficient (Wildman–Crippen LogP) is 1.13. The average molecular weight is 210 g/mol. The minimum Gasteiger partial charge on any atom is -0.396 e. The lowest BCUT2D eigenvalue weighted by molar-refractivity contribution is 0.160. The maximum absolute atomic E-state index is 9.58. The van der Waals surface area contributed by atoms with Crippen molar-refractivity contribution >= 4 is 25.3 Å². The molecular formula is C8H18O2S2. The molecule has 0 saturated heterocycles. The summed E-state index contributed by atoms with van der Waals surface area (Å²) in [7, 11) is 0. The standard InChI is InChI=1S/C8H18O2S2/c1-2-6(11)8(10)7(12)4-3-5-9/h6-12H,2-5H2,1H3. The number of hydrogen-bond donors (Lipinski definition) is 4. The highest BCUT2D eigenvalue weighted by molar-refractivity contribution is 7.82. The van der Waals surface area contributed by atoms with Gasteiger partial charge in [0.1, 0.15) is 0 Å². The lowest BCUT2D eigenvalue weighted by Crippen LogP contribution is -2.30. The number of aliphatic hydroxyl groups excluding tert-OH is 2. The van der Waals surface area contributed by atoms with E-state index in [2.05, 4.69) is 25.3 Å². The van der Waals surface area contributed by atoms with Crippen molar-refractivity contribution in [1.82, 2.24) is 0 Å². The van der Waals surface area contributed by atoms with Gasteiger partial charge in [0.25, 0.3) is 0 Å². The topological polar surface area (TPSA) is 40.5 Å². The van der Waals surface area contributed by atoms with Gasteiger partial charge in [0.2, 0.25) is 0 Å². The van der Waals surface area contributed by atoms with Gasteiger partial charge >= 0.3 is 0 Å². The Bertz CT molecular complexity index is 111. The molecule has 0 aliphatic heterocycles. The number of aliphatic hydroxyl groups is 2. The highest BCUT2D eigenvalue weighted by atomic mass is 32.1. The van der Waals surface area contributed by atoms with Gasteiger partial charge in [-0.1, -0.05) is 6.92 Å². The second kappa shape index (κ2) is 7.06. The minimum atomic E-state index is -0.479. The van der Waals surface area contributed by atoms with Crippen LogP contribution in [0, 0.1) is 0 Å². The summed E-state index contributed by atoms with van der Waals surface area (Å²) in [6.07, 6.45) is 1.78. The van der Waals surface area contributed by atoms with Gasteiger partial charge in [-0.25, -0.2) is 0 Å². The molecule has 0 saturated carbocycles. The Labute approximate surface area is 85.2 Å². The van der Waals surface area contributed by atoms with Gasteiger partial charge in [-0.15, -0.1) is 0 Å². The number of rotatable bonds is 6. The van der Waals surface area contributed by atoms with E-state index < -0.39 is 6.10 Å². The van der Waals surface area contributed by atoms with E-state index in [4.69, 9.17) is 5.11 Å². The van der Waals surface area contributed by atoms with Crippen molar-refractivity contribution in [2.24, 2.45) is 0 Å². The summed E-state index contributed by atoms with van der Waals surface area (Å²) in [4.78, 5) is 0. The van der Waals surface area contributed by atoms with Crippen LogP contribution in [-0.4, -0.2) is 33.4 Å². The third kappa shape index (κ3) is 4.60. The first-order chi connectivity index (χ1) is 5.63. The van der Waals surface area contributed by atoms with Crippen molar-refractivity contribution in [3.8, 4) is 0 Å². The molecule has 3 unspecified atom stereocenters. The van der Waals surface area contributed by atoms with Crippen LogP contribution in [-0.2, 0) is 0 Å². The van der Waals surface area contributed by atoms with Crippen LogP contribution in [0.5, 0.6) is 0 Å². The Morgan fingerprint density at radius 3 is 2.25 bits per heavy atom. The molecule has 4 heteroatoms. The Kier molecular flexibility index (Phi) is 7.43. The maximum Gasteiger partial charge on any atom is 0.0772 e. The Hall–Kier alpha value is 0.620. The third-order valence-electron chi connectivity index (χ3n) is 1.86. The molecule has 0 heterocycles. The first-order valence-electron chi connectivity index (χ1n) is 4.28. The fourth-order valence-electron chi connectivity index (χ4n) is 0.969. The smallest absolute Gasteiger partial charge is 0.0772 e. The van der Waals surface area contributed by atoms with E-state index in [1.54, 1.807) is 0 Å². The lowest BCUT2D eigenvalue weighted by atomic mass is 10.1. The van der Waals surface area contributed by atoms with Crippen LogP contribution in [0.4, 0.5) is 0 Å². The highest BCUT2D eigenvalue weighted by Crippen LogP contribution is 2.17. The molecule has 74 valence electrons. The van der Waals surface area contributed by atoms with Crippen LogP contribution in [0.3, 0.4) is 0 Å². The van der Waals surface area contributed by atoms with E-state index in [-0.39, 0.29) is 17.1 Å². The molecule has 0 radical (unpaired) electrons. The minimum absolute atomic E-state index is 0.00815.